The molecular formula is C18H15Cl2N3O. The quantitative estimate of drug-likeness (QED) is 0.728. The van der Waals surface area contributed by atoms with E-state index in [1.54, 1.807) is 13.2 Å². The molecule has 1 N–H and O–H groups in total. The Morgan fingerprint density at radius 3 is 2.79 bits per heavy atom. The maximum atomic E-state index is 6.42. The molecule has 0 saturated carbocycles. The summed E-state index contributed by atoms with van der Waals surface area (Å²) in [5.41, 5.74) is 3.73. The molecule has 4 rings (SSSR count). The molecule has 0 unspecified atom stereocenters. The van der Waals surface area contributed by atoms with Crippen LogP contribution in [0.2, 0.25) is 10.0 Å². The van der Waals surface area contributed by atoms with Crippen molar-refractivity contribution < 1.29 is 4.74 Å². The number of aromatic nitrogens is 2. The maximum absolute atomic E-state index is 6.42. The number of nitrogens with one attached hydrogen (secondary N) is 1. The number of benzene rings is 2. The Bertz CT molecular complexity index is 921. The number of anilines is 1. The molecule has 3 aromatic rings. The Morgan fingerprint density at radius 1 is 1.12 bits per heavy atom. The van der Waals surface area contributed by atoms with E-state index in [9.17, 15) is 0 Å². The summed E-state index contributed by atoms with van der Waals surface area (Å²) in [4.78, 5) is 0. The van der Waals surface area contributed by atoms with Gasteiger partial charge in [-0.15, -0.1) is 0 Å². The fourth-order valence-electron chi connectivity index (χ4n) is 3.06. The SMILES string of the molecule is COc1ccccc1-n1nc(-c2cccc(Cl)c2Cl)c2c1NCC2. The van der Waals surface area contributed by atoms with E-state index in [2.05, 4.69) is 5.32 Å². The first-order chi connectivity index (χ1) is 11.7. The number of nitrogens with zero attached hydrogens (tertiary/aromatic N) is 2. The Kier molecular flexibility index (Phi) is 3.87. The molecule has 0 fully saturated rings. The highest BCUT2D eigenvalue weighted by Crippen LogP contribution is 2.40. The summed E-state index contributed by atoms with van der Waals surface area (Å²) >= 11 is 12.6. The maximum Gasteiger partial charge on any atom is 0.144 e. The molecule has 0 aliphatic carbocycles. The van der Waals surface area contributed by atoms with Crippen molar-refractivity contribution in [3.8, 4) is 22.7 Å². The number of halogens is 2. The zero-order valence-electron chi connectivity index (χ0n) is 13.0. The standard InChI is InChI=1S/C18H15Cl2N3O/c1-24-15-8-3-2-7-14(15)23-18-12(9-10-21-18)17(22-23)11-5-4-6-13(19)16(11)20/h2-8,21H,9-10H2,1H3. The Labute approximate surface area is 150 Å². The van der Waals surface area contributed by atoms with Crippen molar-refractivity contribution in [3.63, 3.8) is 0 Å². The largest absolute Gasteiger partial charge is 0.494 e. The molecule has 1 aliphatic heterocycles. The second-order valence-corrected chi connectivity index (χ2v) is 6.32. The molecular weight excluding hydrogens is 345 g/mol. The van der Waals surface area contributed by atoms with Gasteiger partial charge in [0.25, 0.3) is 0 Å². The zero-order valence-corrected chi connectivity index (χ0v) is 14.5. The molecule has 2 heterocycles. The van der Waals surface area contributed by atoms with Gasteiger partial charge in [0, 0.05) is 17.7 Å². The van der Waals surface area contributed by atoms with Gasteiger partial charge in [-0.25, -0.2) is 4.68 Å². The molecule has 0 saturated heterocycles. The number of hydrogen-bond donors (Lipinski definition) is 1. The summed E-state index contributed by atoms with van der Waals surface area (Å²) in [7, 11) is 1.66. The third kappa shape index (κ3) is 2.34. The van der Waals surface area contributed by atoms with Crippen LogP contribution < -0.4 is 10.1 Å². The minimum Gasteiger partial charge on any atom is -0.494 e. The highest BCUT2D eigenvalue weighted by atomic mass is 35.5. The van der Waals surface area contributed by atoms with Crippen LogP contribution in [0.5, 0.6) is 5.75 Å². The average Bonchev–Trinajstić information content (AvgIpc) is 3.20. The van der Waals surface area contributed by atoms with Gasteiger partial charge in [-0.2, -0.15) is 5.10 Å². The van der Waals surface area contributed by atoms with E-state index in [-0.39, 0.29) is 0 Å². The van der Waals surface area contributed by atoms with E-state index in [0.717, 1.165) is 47.0 Å². The van der Waals surface area contributed by atoms with Crippen molar-refractivity contribution in [2.75, 3.05) is 19.0 Å². The van der Waals surface area contributed by atoms with Crippen molar-refractivity contribution in [1.82, 2.24) is 9.78 Å². The van der Waals surface area contributed by atoms with Gasteiger partial charge in [0.2, 0.25) is 0 Å². The first-order valence-corrected chi connectivity index (χ1v) is 8.40. The third-order valence-corrected chi connectivity index (χ3v) is 4.99. The predicted molar refractivity (Wildman–Crippen MR) is 97.8 cm³/mol. The van der Waals surface area contributed by atoms with Crippen molar-refractivity contribution in [3.05, 3.63) is 58.1 Å². The normalized spacial score (nSPS) is 12.8. The van der Waals surface area contributed by atoms with Crippen LogP contribution in [0.25, 0.3) is 16.9 Å². The van der Waals surface area contributed by atoms with Crippen molar-refractivity contribution in [1.29, 1.82) is 0 Å². The fourth-order valence-corrected chi connectivity index (χ4v) is 3.45. The lowest BCUT2D eigenvalue weighted by atomic mass is 10.1. The van der Waals surface area contributed by atoms with Gasteiger partial charge in [0.15, 0.2) is 0 Å². The molecule has 4 nitrogen and oxygen atoms in total. The van der Waals surface area contributed by atoms with Crippen molar-refractivity contribution in [2.45, 2.75) is 6.42 Å². The number of hydrogen-bond acceptors (Lipinski definition) is 3. The summed E-state index contributed by atoms with van der Waals surface area (Å²) in [5.74, 6) is 1.74. The van der Waals surface area contributed by atoms with E-state index in [4.69, 9.17) is 33.0 Å². The first-order valence-electron chi connectivity index (χ1n) is 7.64. The summed E-state index contributed by atoms with van der Waals surface area (Å²) in [6.45, 7) is 0.869. The third-order valence-electron chi connectivity index (χ3n) is 4.17. The first kappa shape index (κ1) is 15.4. The van der Waals surface area contributed by atoms with E-state index < -0.39 is 0 Å². The molecule has 122 valence electrons. The summed E-state index contributed by atoms with van der Waals surface area (Å²) in [6, 6.07) is 13.4. The number of methoxy groups -OCH3 is 1. The second kappa shape index (κ2) is 6.04. The van der Waals surface area contributed by atoms with Crippen molar-refractivity contribution in [2.24, 2.45) is 0 Å². The lowest BCUT2D eigenvalue weighted by molar-refractivity contribution is 0.412. The van der Waals surface area contributed by atoms with Gasteiger partial charge in [0.1, 0.15) is 17.3 Å². The van der Waals surface area contributed by atoms with Gasteiger partial charge in [-0.1, -0.05) is 47.5 Å². The highest BCUT2D eigenvalue weighted by molar-refractivity contribution is 6.43. The van der Waals surface area contributed by atoms with Crippen LogP contribution in [0.1, 0.15) is 5.56 Å². The Morgan fingerprint density at radius 2 is 1.96 bits per heavy atom. The number of fused-ring (bicyclic) bond motifs is 1. The second-order valence-electron chi connectivity index (χ2n) is 5.54. The molecule has 0 atom stereocenters. The van der Waals surface area contributed by atoms with Gasteiger partial charge in [-0.05, 0) is 24.6 Å². The smallest absolute Gasteiger partial charge is 0.144 e. The zero-order chi connectivity index (χ0) is 16.7. The molecule has 0 amide bonds. The molecule has 1 aliphatic rings. The number of para-hydroxylation sites is 2. The van der Waals surface area contributed by atoms with Crippen LogP contribution in [-0.2, 0) is 6.42 Å². The average molecular weight is 360 g/mol. The van der Waals surface area contributed by atoms with E-state index in [1.165, 1.54) is 0 Å². The van der Waals surface area contributed by atoms with E-state index >= 15 is 0 Å². The van der Waals surface area contributed by atoms with E-state index in [0.29, 0.717) is 10.0 Å². The highest BCUT2D eigenvalue weighted by Gasteiger charge is 2.26. The Hall–Kier alpha value is -2.17. The molecule has 0 bridgehead atoms. The topological polar surface area (TPSA) is 39.1 Å². The minimum atomic E-state index is 0.526. The monoisotopic (exact) mass is 359 g/mol. The van der Waals surface area contributed by atoms with Gasteiger partial charge < -0.3 is 10.1 Å². The molecule has 6 heteroatoms. The molecule has 0 radical (unpaired) electrons. The minimum absolute atomic E-state index is 0.526. The molecule has 2 aromatic carbocycles. The van der Waals surface area contributed by atoms with Crippen molar-refractivity contribution >= 4 is 29.0 Å². The lowest BCUT2D eigenvalue weighted by Crippen LogP contribution is -2.05. The molecule has 0 spiro atoms. The van der Waals surface area contributed by atoms with Crippen LogP contribution in [0.4, 0.5) is 5.82 Å². The van der Waals surface area contributed by atoms with Crippen LogP contribution in [0, 0.1) is 0 Å². The van der Waals surface area contributed by atoms with Crippen LogP contribution >= 0.6 is 23.2 Å². The van der Waals surface area contributed by atoms with Gasteiger partial charge in [-0.3, -0.25) is 0 Å². The predicted octanol–water partition coefficient (Wildman–Crippen LogP) is 4.82. The van der Waals surface area contributed by atoms with Gasteiger partial charge >= 0.3 is 0 Å². The summed E-state index contributed by atoms with van der Waals surface area (Å²) in [6.07, 6.45) is 0.892. The van der Waals surface area contributed by atoms with Crippen LogP contribution in [0.15, 0.2) is 42.5 Å². The molecule has 24 heavy (non-hydrogen) atoms. The van der Waals surface area contributed by atoms with Gasteiger partial charge in [0.05, 0.1) is 22.8 Å². The number of ether oxygens (including phenoxy) is 1. The number of rotatable bonds is 3. The summed E-state index contributed by atoms with van der Waals surface area (Å²) < 4.78 is 7.36. The summed E-state index contributed by atoms with van der Waals surface area (Å²) in [5, 5.41) is 9.28. The lowest BCUT2D eigenvalue weighted by Gasteiger charge is -2.10. The van der Waals surface area contributed by atoms with E-state index in [1.807, 2.05) is 41.1 Å². The van der Waals surface area contributed by atoms with Crippen LogP contribution in [-0.4, -0.2) is 23.4 Å². The van der Waals surface area contributed by atoms with Crippen LogP contribution in [0.3, 0.4) is 0 Å². The fraction of sp³-hybridized carbons (Fsp3) is 0.167. The molecule has 1 aromatic heterocycles. The Balaban J connectivity index is 1.95.